The molecule has 5 heterocycles. The van der Waals surface area contributed by atoms with Crippen molar-refractivity contribution in [3.05, 3.63) is 298 Å². The monoisotopic (exact) mass is 1230 g/mol. The van der Waals surface area contributed by atoms with Crippen LogP contribution in [0.3, 0.4) is 0 Å². The molecule has 0 saturated heterocycles. The third kappa shape index (κ3) is 8.46. The Morgan fingerprint density at radius 2 is 0.675 bits per heavy atom. The molecule has 0 unspecified atom stereocenters. The van der Waals surface area contributed by atoms with Gasteiger partial charge >= 0.3 is 20.1 Å². The summed E-state index contributed by atoms with van der Waals surface area (Å²) < 4.78 is 4.13. The summed E-state index contributed by atoms with van der Waals surface area (Å²) in [5.41, 5.74) is 23.3. The summed E-state index contributed by atoms with van der Waals surface area (Å²) in [7, 11) is 0. The molecular formula is C77H46IrN5. The van der Waals surface area contributed by atoms with E-state index in [0.29, 0.717) is 0 Å². The van der Waals surface area contributed by atoms with Crippen LogP contribution in [0.4, 0.5) is 0 Å². The number of rotatable bonds is 9. The van der Waals surface area contributed by atoms with Gasteiger partial charge in [-0.2, -0.15) is 58.7 Å². The maximum absolute atomic E-state index is 5.14. The number of pyridine rings is 3. The summed E-state index contributed by atoms with van der Waals surface area (Å²) >= 11 is 0. The molecule has 83 heavy (non-hydrogen) atoms. The van der Waals surface area contributed by atoms with Gasteiger partial charge in [-0.25, -0.2) is 0 Å². The minimum absolute atomic E-state index is 0. The Balaban J connectivity index is 0.00000588. The van der Waals surface area contributed by atoms with Gasteiger partial charge < -0.3 is 4.98 Å². The van der Waals surface area contributed by atoms with Crippen LogP contribution in [0.25, 0.3) is 155 Å². The first kappa shape index (κ1) is 49.7. The van der Waals surface area contributed by atoms with E-state index >= 15 is 0 Å². The molecule has 0 fully saturated rings. The molecule has 0 aliphatic carbocycles. The zero-order valence-corrected chi connectivity index (χ0v) is 47.0. The summed E-state index contributed by atoms with van der Waals surface area (Å²) in [6, 6.07) is 103. The van der Waals surface area contributed by atoms with Crippen molar-refractivity contribution in [1.82, 2.24) is 24.2 Å². The minimum Gasteiger partial charge on any atom is -0.304 e. The maximum Gasteiger partial charge on any atom is 3.00 e. The fourth-order valence-corrected chi connectivity index (χ4v) is 12.5. The average molecular weight is 1230 g/mol. The van der Waals surface area contributed by atoms with Crippen molar-refractivity contribution in [2.45, 2.75) is 0 Å². The van der Waals surface area contributed by atoms with Crippen molar-refractivity contribution in [3.8, 4) is 100 Å². The van der Waals surface area contributed by atoms with E-state index in [0.717, 1.165) is 133 Å². The molecule has 11 aromatic carbocycles. The summed E-state index contributed by atoms with van der Waals surface area (Å²) in [5, 5.41) is 17.1. The number of hydrogen-bond acceptors (Lipinski definition) is 3. The second-order valence-electron chi connectivity index (χ2n) is 20.9. The number of nitrogens with zero attached hydrogens (tertiary/aromatic N) is 5. The van der Waals surface area contributed by atoms with Gasteiger partial charge in [-0.1, -0.05) is 199 Å². The van der Waals surface area contributed by atoms with Crippen LogP contribution in [0.2, 0.25) is 0 Å². The first-order chi connectivity index (χ1) is 40.7. The fourth-order valence-electron chi connectivity index (χ4n) is 12.5. The van der Waals surface area contributed by atoms with E-state index in [-0.39, 0.29) is 20.1 Å². The second-order valence-corrected chi connectivity index (χ2v) is 20.9. The van der Waals surface area contributed by atoms with E-state index in [4.69, 9.17) is 15.2 Å². The number of para-hydroxylation sites is 2. The van der Waals surface area contributed by atoms with E-state index in [2.05, 4.69) is 270 Å². The largest absolute Gasteiger partial charge is 3.00 e. The van der Waals surface area contributed by atoms with E-state index in [1.54, 1.807) is 0 Å². The van der Waals surface area contributed by atoms with Crippen LogP contribution >= 0.6 is 0 Å². The first-order valence-electron chi connectivity index (χ1n) is 27.6. The molecule has 5 nitrogen and oxygen atoms in total. The van der Waals surface area contributed by atoms with Crippen LogP contribution < -0.4 is 0 Å². The van der Waals surface area contributed by atoms with Crippen molar-refractivity contribution in [3.63, 3.8) is 0 Å². The molecule has 16 rings (SSSR count). The van der Waals surface area contributed by atoms with Crippen molar-refractivity contribution in [1.29, 1.82) is 0 Å². The Morgan fingerprint density at radius 3 is 1.18 bits per heavy atom. The number of aromatic nitrogens is 5. The fraction of sp³-hybridized carbons (Fsp3) is 0. The maximum atomic E-state index is 5.14. The summed E-state index contributed by atoms with van der Waals surface area (Å²) in [4.78, 5) is 5.14. The Bertz CT molecular complexity index is 4940. The minimum atomic E-state index is 0. The number of benzene rings is 11. The van der Waals surface area contributed by atoms with Crippen molar-refractivity contribution in [2.24, 2.45) is 0 Å². The Labute approximate surface area is 493 Å². The van der Waals surface area contributed by atoms with Crippen LogP contribution in [0.5, 0.6) is 0 Å². The van der Waals surface area contributed by atoms with Crippen molar-refractivity contribution in [2.75, 3.05) is 0 Å². The average Bonchev–Trinajstić information content (AvgIpc) is 3.58. The molecule has 16 aromatic rings. The molecule has 388 valence electrons. The van der Waals surface area contributed by atoms with E-state index in [9.17, 15) is 0 Å². The van der Waals surface area contributed by atoms with Gasteiger partial charge in [-0.15, -0.1) is 46.2 Å². The summed E-state index contributed by atoms with van der Waals surface area (Å²) in [6.07, 6.45) is 6.06. The molecule has 0 spiro atoms. The first-order valence-corrected chi connectivity index (χ1v) is 27.6. The Hall–Kier alpha value is -10.4. The molecule has 0 aliphatic rings. The van der Waals surface area contributed by atoms with Gasteiger partial charge in [0.2, 0.25) is 0 Å². The quantitative estimate of drug-likeness (QED) is 0.107. The standard InChI is InChI=1S/C77H46N5.Ir/c1-2-19-50(20-3-1)51-37-39-52(40-38-51)53-21-18-22-54(43-53)73-42-41-55(47-78-73)59-23-4-5-24-60(59)56-44-57(61-25-6-8-27-63(61)71-48-79-81-74-35-16-14-31-67(74)65-29-10-12-33-69(65)76(71)81)46-58(45-56)62-26-7-9-28-64(62)72-49-80-82-75-36-17-15-32-68(75)66-30-11-13-34-70(66)77(72)82;/h1-21,23-34,37-49H;/q-3;+3. The van der Waals surface area contributed by atoms with Gasteiger partial charge in [0.1, 0.15) is 0 Å². The van der Waals surface area contributed by atoms with Gasteiger partial charge in [0.25, 0.3) is 0 Å². The van der Waals surface area contributed by atoms with Crippen molar-refractivity contribution < 1.29 is 20.1 Å². The van der Waals surface area contributed by atoms with Crippen molar-refractivity contribution >= 4 is 54.4 Å². The topological polar surface area (TPSA) is 47.5 Å². The second kappa shape index (κ2) is 20.6. The van der Waals surface area contributed by atoms with Crippen LogP contribution in [0, 0.1) is 18.2 Å². The molecular weight excluding hydrogens is 1190 g/mol. The molecule has 0 radical (unpaired) electrons. The predicted molar refractivity (Wildman–Crippen MR) is 337 cm³/mol. The van der Waals surface area contributed by atoms with E-state index in [1.807, 2.05) is 36.8 Å². The Kier molecular flexibility index (Phi) is 12.3. The SMILES string of the molecule is [Ir+3].[c-]1ccc(-c2ccc(-c3ccccc3)cc2)cc1-c1ccc(-c2ccccc2-c2cc(-c3ccccc3-c3cnn4c5[c-]cccc5c5ccccc5c34)cc(-c3ccccc3-c3cnn4c5[c-]cccc5c5ccccc5c34)c2)cn1. The molecule has 0 saturated carbocycles. The molecule has 0 amide bonds. The smallest absolute Gasteiger partial charge is 0.304 e. The van der Waals surface area contributed by atoms with Crippen LogP contribution in [0.1, 0.15) is 0 Å². The van der Waals surface area contributed by atoms with Gasteiger partial charge in [-0.05, 0) is 118 Å². The molecule has 0 atom stereocenters. The van der Waals surface area contributed by atoms with E-state index < -0.39 is 0 Å². The normalized spacial score (nSPS) is 11.5. The summed E-state index contributed by atoms with van der Waals surface area (Å²) in [5.74, 6) is 0. The van der Waals surface area contributed by atoms with Gasteiger partial charge in [0.05, 0.1) is 23.4 Å². The third-order valence-corrected chi connectivity index (χ3v) is 16.3. The van der Waals surface area contributed by atoms with Crippen LogP contribution in [-0.2, 0) is 20.1 Å². The summed E-state index contributed by atoms with van der Waals surface area (Å²) in [6.45, 7) is 0. The molecule has 6 heteroatoms. The Morgan fingerprint density at radius 1 is 0.265 bits per heavy atom. The molecule has 5 aromatic heterocycles. The molecule has 0 N–H and O–H groups in total. The van der Waals surface area contributed by atoms with E-state index in [1.165, 1.54) is 21.9 Å². The van der Waals surface area contributed by atoms with Gasteiger partial charge in [-0.3, -0.25) is 9.03 Å². The van der Waals surface area contributed by atoms with Crippen LogP contribution in [-0.4, -0.2) is 24.2 Å². The zero-order chi connectivity index (χ0) is 54.1. The third-order valence-electron chi connectivity index (χ3n) is 16.3. The molecule has 0 aliphatic heterocycles. The number of hydrogen-bond donors (Lipinski definition) is 0. The van der Waals surface area contributed by atoms with Gasteiger partial charge in [0, 0.05) is 17.3 Å². The molecule has 0 bridgehead atoms. The van der Waals surface area contributed by atoms with Gasteiger partial charge in [0.15, 0.2) is 0 Å². The van der Waals surface area contributed by atoms with Crippen LogP contribution in [0.15, 0.2) is 279 Å². The predicted octanol–water partition coefficient (Wildman–Crippen LogP) is 19.4. The number of fused-ring (bicyclic) bond motifs is 12. The zero-order valence-electron chi connectivity index (χ0n) is 44.6.